The Morgan fingerprint density at radius 2 is 2.50 bits per heavy atom. The highest BCUT2D eigenvalue weighted by molar-refractivity contribution is 5.67. The van der Waals surface area contributed by atoms with Gasteiger partial charge in [0.05, 0.1) is 13.2 Å². The van der Waals surface area contributed by atoms with Gasteiger partial charge in [-0.2, -0.15) is 0 Å². The Kier molecular flexibility index (Phi) is 2.90. The van der Waals surface area contributed by atoms with Gasteiger partial charge in [0, 0.05) is 13.1 Å². The molecule has 1 aliphatic rings. The molecule has 0 aromatic heterocycles. The summed E-state index contributed by atoms with van der Waals surface area (Å²) in [4.78, 5) is 22.6. The van der Waals surface area contributed by atoms with Crippen LogP contribution in [0.15, 0.2) is 0 Å². The van der Waals surface area contributed by atoms with Crippen LogP contribution in [0.1, 0.15) is 6.42 Å². The number of rotatable bonds is 2. The Labute approximate surface area is 70.7 Å². The predicted octanol–water partition coefficient (Wildman–Crippen LogP) is -0.427. The Morgan fingerprint density at radius 1 is 1.75 bits per heavy atom. The lowest BCUT2D eigenvalue weighted by molar-refractivity contribution is -0.117. The van der Waals surface area contributed by atoms with Crippen LogP contribution in [0.3, 0.4) is 0 Å². The molecule has 1 atom stereocenters. The van der Waals surface area contributed by atoms with Crippen LogP contribution in [0, 0.1) is 0 Å². The van der Waals surface area contributed by atoms with Gasteiger partial charge in [-0.3, -0.25) is 4.79 Å². The molecule has 1 N–H and O–H groups in total. The summed E-state index contributed by atoms with van der Waals surface area (Å²) in [6.45, 7) is 1.29. The van der Waals surface area contributed by atoms with Crippen molar-refractivity contribution in [3.63, 3.8) is 0 Å². The molecule has 5 nitrogen and oxygen atoms in total. The maximum Gasteiger partial charge on any atom is 0.407 e. The zero-order valence-corrected chi connectivity index (χ0v) is 6.95. The van der Waals surface area contributed by atoms with E-state index in [0.29, 0.717) is 13.1 Å². The molecular formula is C7H12N2O3. The summed E-state index contributed by atoms with van der Waals surface area (Å²) in [6.07, 6.45) is 1.15. The molecule has 0 bridgehead atoms. The van der Waals surface area contributed by atoms with E-state index in [1.165, 1.54) is 7.11 Å². The first kappa shape index (κ1) is 8.83. The normalized spacial score (nSPS) is 22.1. The fourth-order valence-corrected chi connectivity index (χ4v) is 1.23. The van der Waals surface area contributed by atoms with E-state index in [-0.39, 0.29) is 6.04 Å². The number of nitrogens with zero attached hydrogens (tertiary/aromatic N) is 1. The molecule has 0 aromatic rings. The van der Waals surface area contributed by atoms with Crippen LogP contribution in [0.4, 0.5) is 4.79 Å². The second-order valence-corrected chi connectivity index (χ2v) is 2.72. The highest BCUT2D eigenvalue weighted by Crippen LogP contribution is 2.06. The molecule has 0 aliphatic carbocycles. The molecular weight excluding hydrogens is 160 g/mol. The van der Waals surface area contributed by atoms with E-state index in [1.54, 1.807) is 4.90 Å². The Balaban J connectivity index is 2.27. The van der Waals surface area contributed by atoms with Crippen molar-refractivity contribution in [3.05, 3.63) is 0 Å². The number of ether oxygens (including phenoxy) is 1. The summed E-state index contributed by atoms with van der Waals surface area (Å²) in [5, 5.41) is 2.63. The molecule has 1 aliphatic heterocycles. The molecule has 0 spiro atoms. The van der Waals surface area contributed by atoms with Gasteiger partial charge in [-0.05, 0) is 6.42 Å². The van der Waals surface area contributed by atoms with Gasteiger partial charge in [-0.1, -0.05) is 0 Å². The van der Waals surface area contributed by atoms with Crippen molar-refractivity contribution in [1.29, 1.82) is 0 Å². The van der Waals surface area contributed by atoms with E-state index in [4.69, 9.17) is 0 Å². The van der Waals surface area contributed by atoms with Crippen molar-refractivity contribution in [2.24, 2.45) is 0 Å². The molecule has 0 radical (unpaired) electrons. The molecule has 2 amide bonds. The maximum absolute atomic E-state index is 10.7. The number of carbonyl (C=O) groups excluding carboxylic acids is 2. The lowest BCUT2D eigenvalue weighted by Crippen LogP contribution is -2.36. The molecule has 1 fully saturated rings. The van der Waals surface area contributed by atoms with Crippen LogP contribution in [0.2, 0.25) is 0 Å². The van der Waals surface area contributed by atoms with Crippen molar-refractivity contribution < 1.29 is 14.3 Å². The number of amides is 2. The zero-order chi connectivity index (χ0) is 8.97. The first-order chi connectivity index (χ1) is 5.76. The quantitative estimate of drug-likeness (QED) is 0.575. The van der Waals surface area contributed by atoms with E-state index in [1.807, 2.05) is 0 Å². The summed E-state index contributed by atoms with van der Waals surface area (Å²) < 4.78 is 4.42. The molecule has 1 rings (SSSR count). The van der Waals surface area contributed by atoms with E-state index in [2.05, 4.69) is 10.1 Å². The number of likely N-dealkylation sites (tertiary alicyclic amines) is 1. The van der Waals surface area contributed by atoms with Gasteiger partial charge in [0.15, 0.2) is 0 Å². The Hall–Kier alpha value is -1.26. The summed E-state index contributed by atoms with van der Waals surface area (Å²) in [7, 11) is 1.32. The van der Waals surface area contributed by atoms with Gasteiger partial charge in [0.25, 0.3) is 0 Å². The first-order valence-corrected chi connectivity index (χ1v) is 3.80. The number of carbonyl (C=O) groups is 2. The van der Waals surface area contributed by atoms with Crippen molar-refractivity contribution in [2.75, 3.05) is 20.2 Å². The van der Waals surface area contributed by atoms with Crippen LogP contribution in [-0.2, 0) is 9.53 Å². The number of alkyl carbamates (subject to hydrolysis) is 1. The average Bonchev–Trinajstić information content (AvgIpc) is 2.52. The van der Waals surface area contributed by atoms with E-state index >= 15 is 0 Å². The van der Waals surface area contributed by atoms with Crippen LogP contribution >= 0.6 is 0 Å². The molecule has 1 heterocycles. The monoisotopic (exact) mass is 172 g/mol. The Morgan fingerprint density at radius 3 is 3.00 bits per heavy atom. The van der Waals surface area contributed by atoms with Gasteiger partial charge >= 0.3 is 6.09 Å². The number of hydrogen-bond acceptors (Lipinski definition) is 3. The largest absolute Gasteiger partial charge is 0.453 e. The minimum absolute atomic E-state index is 0.0441. The fraction of sp³-hybridized carbons (Fsp3) is 0.714. The third-order valence-corrected chi connectivity index (χ3v) is 1.88. The fourth-order valence-electron chi connectivity index (χ4n) is 1.23. The predicted molar refractivity (Wildman–Crippen MR) is 41.6 cm³/mol. The summed E-state index contributed by atoms with van der Waals surface area (Å²) >= 11 is 0. The molecule has 68 valence electrons. The van der Waals surface area contributed by atoms with Crippen molar-refractivity contribution in [2.45, 2.75) is 12.5 Å². The summed E-state index contributed by atoms with van der Waals surface area (Å²) in [5.74, 6) is 0. The molecule has 12 heavy (non-hydrogen) atoms. The van der Waals surface area contributed by atoms with Crippen LogP contribution < -0.4 is 5.32 Å². The second kappa shape index (κ2) is 3.94. The standard InChI is InChI=1S/C7H12N2O3/c1-12-7(11)8-6-2-3-9(4-6)5-10/h5-6H,2-4H2,1H3,(H,8,11). The lowest BCUT2D eigenvalue weighted by atomic mass is 10.3. The third kappa shape index (κ3) is 2.11. The van der Waals surface area contributed by atoms with Gasteiger partial charge in [-0.25, -0.2) is 4.79 Å². The second-order valence-electron chi connectivity index (χ2n) is 2.72. The van der Waals surface area contributed by atoms with Gasteiger partial charge < -0.3 is 15.0 Å². The number of hydrogen-bond donors (Lipinski definition) is 1. The van der Waals surface area contributed by atoms with E-state index < -0.39 is 6.09 Å². The number of nitrogens with one attached hydrogen (secondary N) is 1. The molecule has 1 saturated heterocycles. The van der Waals surface area contributed by atoms with Crippen LogP contribution in [-0.4, -0.2) is 43.6 Å². The van der Waals surface area contributed by atoms with Crippen LogP contribution in [0.5, 0.6) is 0 Å². The maximum atomic E-state index is 10.7. The smallest absolute Gasteiger partial charge is 0.407 e. The van der Waals surface area contributed by atoms with Crippen molar-refractivity contribution >= 4 is 12.5 Å². The summed E-state index contributed by atoms with van der Waals surface area (Å²) in [5.41, 5.74) is 0. The van der Waals surface area contributed by atoms with Crippen LogP contribution in [0.25, 0.3) is 0 Å². The molecule has 1 unspecified atom stereocenters. The minimum Gasteiger partial charge on any atom is -0.453 e. The van der Waals surface area contributed by atoms with Gasteiger partial charge in [0.2, 0.25) is 6.41 Å². The minimum atomic E-state index is -0.437. The highest BCUT2D eigenvalue weighted by atomic mass is 16.5. The molecule has 0 aromatic carbocycles. The third-order valence-electron chi connectivity index (χ3n) is 1.88. The van der Waals surface area contributed by atoms with Gasteiger partial charge in [0.1, 0.15) is 0 Å². The van der Waals surface area contributed by atoms with E-state index in [9.17, 15) is 9.59 Å². The number of methoxy groups -OCH3 is 1. The highest BCUT2D eigenvalue weighted by Gasteiger charge is 2.22. The Bertz CT molecular complexity index is 183. The SMILES string of the molecule is COC(=O)NC1CCN(C=O)C1. The topological polar surface area (TPSA) is 58.6 Å². The van der Waals surface area contributed by atoms with E-state index in [0.717, 1.165) is 12.8 Å². The molecule has 5 heteroatoms. The van der Waals surface area contributed by atoms with Crippen molar-refractivity contribution in [3.8, 4) is 0 Å². The zero-order valence-electron chi connectivity index (χ0n) is 6.95. The summed E-state index contributed by atoms with van der Waals surface area (Å²) in [6, 6.07) is 0.0441. The lowest BCUT2D eigenvalue weighted by Gasteiger charge is -2.11. The van der Waals surface area contributed by atoms with Crippen molar-refractivity contribution in [1.82, 2.24) is 10.2 Å². The molecule has 0 saturated carbocycles. The van der Waals surface area contributed by atoms with Gasteiger partial charge in [-0.15, -0.1) is 0 Å². The first-order valence-electron chi connectivity index (χ1n) is 3.80. The average molecular weight is 172 g/mol.